The number of nitrogens with zero attached hydrogens (tertiary/aromatic N) is 2. The van der Waals surface area contributed by atoms with Crippen molar-refractivity contribution in [3.05, 3.63) is 52.0 Å². The standard InChI is InChI=1S/C17H18N2OS/c1-12-8-15(21-18-12)16(20)19-7-6-17(11-19)9-13-4-2-3-5-14(13)10-17/h2-5,8H,6-7,9-11H2,1H3. The molecule has 4 heteroatoms. The van der Waals surface area contributed by atoms with Gasteiger partial charge in [0, 0.05) is 13.1 Å². The molecule has 1 spiro atoms. The Morgan fingerprint density at radius 3 is 2.62 bits per heavy atom. The maximum Gasteiger partial charge on any atom is 0.265 e. The Morgan fingerprint density at radius 2 is 2.00 bits per heavy atom. The summed E-state index contributed by atoms with van der Waals surface area (Å²) in [7, 11) is 0. The Labute approximate surface area is 128 Å². The molecule has 1 saturated heterocycles. The van der Waals surface area contributed by atoms with Gasteiger partial charge in [-0.15, -0.1) is 0 Å². The van der Waals surface area contributed by atoms with Crippen molar-refractivity contribution >= 4 is 17.4 Å². The summed E-state index contributed by atoms with van der Waals surface area (Å²) in [5.41, 5.74) is 4.16. The molecule has 0 radical (unpaired) electrons. The molecule has 1 aromatic carbocycles. The summed E-state index contributed by atoms with van der Waals surface area (Å²) in [5.74, 6) is 0.161. The van der Waals surface area contributed by atoms with E-state index in [-0.39, 0.29) is 11.3 Å². The molecule has 0 bridgehead atoms. The summed E-state index contributed by atoms with van der Waals surface area (Å²) in [5, 5.41) is 0. The number of aromatic nitrogens is 1. The Bertz CT molecular complexity index is 681. The highest BCUT2D eigenvalue weighted by Gasteiger charge is 2.44. The fraction of sp³-hybridized carbons (Fsp3) is 0.412. The molecule has 0 N–H and O–H groups in total. The van der Waals surface area contributed by atoms with Crippen LogP contribution < -0.4 is 0 Å². The Hall–Kier alpha value is -1.68. The molecule has 1 aliphatic heterocycles. The van der Waals surface area contributed by atoms with Gasteiger partial charge in [-0.3, -0.25) is 4.79 Å². The van der Waals surface area contributed by atoms with Crippen molar-refractivity contribution < 1.29 is 4.79 Å². The average molecular weight is 298 g/mol. The first kappa shape index (κ1) is 13.0. The Morgan fingerprint density at radius 1 is 1.29 bits per heavy atom. The molecule has 0 unspecified atom stereocenters. The first-order chi connectivity index (χ1) is 10.2. The molecule has 3 nitrogen and oxygen atoms in total. The number of rotatable bonds is 1. The quantitative estimate of drug-likeness (QED) is 0.810. The van der Waals surface area contributed by atoms with Gasteiger partial charge < -0.3 is 4.90 Å². The van der Waals surface area contributed by atoms with Crippen LogP contribution in [0.2, 0.25) is 0 Å². The third kappa shape index (κ3) is 2.18. The predicted molar refractivity (Wildman–Crippen MR) is 83.7 cm³/mol. The van der Waals surface area contributed by atoms with Crippen molar-refractivity contribution in [1.82, 2.24) is 9.27 Å². The minimum absolute atomic E-state index is 0.161. The highest BCUT2D eigenvalue weighted by atomic mass is 32.1. The summed E-state index contributed by atoms with van der Waals surface area (Å²) < 4.78 is 4.22. The van der Waals surface area contributed by atoms with E-state index in [0.29, 0.717) is 0 Å². The fourth-order valence-corrected chi connectivity index (χ4v) is 4.52. The number of benzene rings is 1. The van der Waals surface area contributed by atoms with Crippen LogP contribution in [0.1, 0.15) is 32.9 Å². The van der Waals surface area contributed by atoms with Gasteiger partial charge >= 0.3 is 0 Å². The van der Waals surface area contributed by atoms with E-state index < -0.39 is 0 Å². The second-order valence-corrected chi connectivity index (χ2v) is 7.24. The zero-order valence-corrected chi connectivity index (χ0v) is 12.9. The van der Waals surface area contributed by atoms with Crippen LogP contribution in [-0.4, -0.2) is 28.3 Å². The zero-order valence-electron chi connectivity index (χ0n) is 12.1. The van der Waals surface area contributed by atoms with Gasteiger partial charge in [0.15, 0.2) is 0 Å². The van der Waals surface area contributed by atoms with E-state index in [1.54, 1.807) is 0 Å². The lowest BCUT2D eigenvalue weighted by molar-refractivity contribution is 0.0778. The van der Waals surface area contributed by atoms with Gasteiger partial charge in [0.25, 0.3) is 5.91 Å². The average Bonchev–Trinajstić information content (AvgIpc) is 3.17. The van der Waals surface area contributed by atoms with Crippen molar-refractivity contribution in [3.63, 3.8) is 0 Å². The van der Waals surface area contributed by atoms with Crippen molar-refractivity contribution in [2.24, 2.45) is 5.41 Å². The molecular weight excluding hydrogens is 280 g/mol. The van der Waals surface area contributed by atoms with Crippen LogP contribution >= 0.6 is 11.5 Å². The van der Waals surface area contributed by atoms with Gasteiger partial charge in [-0.1, -0.05) is 24.3 Å². The summed E-state index contributed by atoms with van der Waals surface area (Å²) in [6, 6.07) is 10.6. The van der Waals surface area contributed by atoms with E-state index >= 15 is 0 Å². The minimum atomic E-state index is 0.161. The van der Waals surface area contributed by atoms with E-state index in [9.17, 15) is 4.79 Å². The van der Waals surface area contributed by atoms with Crippen molar-refractivity contribution in [1.29, 1.82) is 0 Å². The largest absolute Gasteiger partial charge is 0.337 e. The molecule has 0 saturated carbocycles. The second-order valence-electron chi connectivity index (χ2n) is 6.43. The third-order valence-corrected chi connectivity index (χ3v) is 5.68. The van der Waals surface area contributed by atoms with Crippen LogP contribution in [0.5, 0.6) is 0 Å². The molecule has 2 aromatic rings. The molecule has 4 rings (SSSR count). The lowest BCUT2D eigenvalue weighted by Gasteiger charge is -2.23. The van der Waals surface area contributed by atoms with E-state index in [2.05, 4.69) is 28.6 Å². The van der Waals surface area contributed by atoms with E-state index in [1.165, 1.54) is 22.7 Å². The molecule has 0 atom stereocenters. The van der Waals surface area contributed by atoms with Gasteiger partial charge in [0.2, 0.25) is 0 Å². The number of carbonyl (C=O) groups excluding carboxylic acids is 1. The Kier molecular flexibility index (Phi) is 2.89. The smallest absolute Gasteiger partial charge is 0.265 e. The lowest BCUT2D eigenvalue weighted by atomic mass is 9.84. The van der Waals surface area contributed by atoms with Crippen LogP contribution in [0.15, 0.2) is 30.3 Å². The maximum absolute atomic E-state index is 12.6. The minimum Gasteiger partial charge on any atom is -0.337 e. The van der Waals surface area contributed by atoms with E-state index in [0.717, 1.165) is 42.9 Å². The fourth-order valence-electron chi connectivity index (χ4n) is 3.79. The van der Waals surface area contributed by atoms with Crippen molar-refractivity contribution in [3.8, 4) is 0 Å². The monoisotopic (exact) mass is 298 g/mol. The van der Waals surface area contributed by atoms with Crippen molar-refractivity contribution in [2.45, 2.75) is 26.2 Å². The van der Waals surface area contributed by atoms with Gasteiger partial charge in [-0.2, -0.15) is 4.37 Å². The number of hydrogen-bond donors (Lipinski definition) is 0. The van der Waals surface area contributed by atoms with Crippen LogP contribution in [0.25, 0.3) is 0 Å². The number of fused-ring (bicyclic) bond motifs is 1. The molecule has 2 heterocycles. The predicted octanol–water partition coefficient (Wildman–Crippen LogP) is 3.08. The third-order valence-electron chi connectivity index (χ3n) is 4.81. The van der Waals surface area contributed by atoms with E-state index in [1.807, 2.05) is 17.9 Å². The molecule has 108 valence electrons. The normalized spacial score (nSPS) is 19.2. The number of aryl methyl sites for hydroxylation is 1. The number of amides is 1. The summed E-state index contributed by atoms with van der Waals surface area (Å²) in [4.78, 5) is 15.4. The first-order valence-corrected chi connectivity index (χ1v) is 8.22. The summed E-state index contributed by atoms with van der Waals surface area (Å²) in [6.45, 7) is 3.70. The maximum atomic E-state index is 12.6. The SMILES string of the molecule is Cc1cc(C(=O)N2CCC3(Cc4ccccc4C3)C2)sn1. The van der Waals surface area contributed by atoms with Crippen LogP contribution in [-0.2, 0) is 12.8 Å². The highest BCUT2D eigenvalue weighted by molar-refractivity contribution is 7.08. The van der Waals surface area contributed by atoms with E-state index in [4.69, 9.17) is 0 Å². The molecule has 1 aliphatic carbocycles. The molecular formula is C17H18N2OS. The number of hydrogen-bond acceptors (Lipinski definition) is 3. The van der Waals surface area contributed by atoms with Crippen LogP contribution in [0, 0.1) is 12.3 Å². The second kappa shape index (κ2) is 4.67. The summed E-state index contributed by atoms with van der Waals surface area (Å²) >= 11 is 1.32. The molecule has 1 fully saturated rings. The molecule has 21 heavy (non-hydrogen) atoms. The molecule has 1 aromatic heterocycles. The summed E-state index contributed by atoms with van der Waals surface area (Å²) in [6.07, 6.45) is 3.36. The lowest BCUT2D eigenvalue weighted by Crippen LogP contribution is -2.32. The van der Waals surface area contributed by atoms with Gasteiger partial charge in [0.1, 0.15) is 4.88 Å². The number of likely N-dealkylation sites (tertiary alicyclic amines) is 1. The number of carbonyl (C=O) groups is 1. The van der Waals surface area contributed by atoms with Crippen molar-refractivity contribution in [2.75, 3.05) is 13.1 Å². The Balaban J connectivity index is 1.52. The highest BCUT2D eigenvalue weighted by Crippen LogP contribution is 2.44. The first-order valence-electron chi connectivity index (χ1n) is 7.45. The van der Waals surface area contributed by atoms with Gasteiger partial charge in [-0.25, -0.2) is 0 Å². The van der Waals surface area contributed by atoms with Crippen LogP contribution in [0.3, 0.4) is 0 Å². The molecule has 2 aliphatic rings. The molecule has 1 amide bonds. The topological polar surface area (TPSA) is 33.2 Å². The zero-order chi connectivity index (χ0) is 14.4. The van der Waals surface area contributed by atoms with Crippen LogP contribution in [0.4, 0.5) is 0 Å². The van der Waals surface area contributed by atoms with Gasteiger partial charge in [0.05, 0.1) is 5.69 Å². The van der Waals surface area contributed by atoms with Gasteiger partial charge in [-0.05, 0) is 60.3 Å².